The molecule has 0 spiro atoms. The van der Waals surface area contributed by atoms with E-state index in [0.29, 0.717) is 12.4 Å². The van der Waals surface area contributed by atoms with Crippen LogP contribution in [0, 0.1) is 0 Å². The minimum Gasteiger partial charge on any atom is -0.492 e. The van der Waals surface area contributed by atoms with Gasteiger partial charge in [0, 0.05) is 6.54 Å². The molecular formula is C32H37NO8. The van der Waals surface area contributed by atoms with Gasteiger partial charge in [0.25, 0.3) is 0 Å². The third kappa shape index (κ3) is 7.32. The van der Waals surface area contributed by atoms with Crippen molar-refractivity contribution < 1.29 is 39.4 Å². The lowest BCUT2D eigenvalue weighted by Crippen LogP contribution is -2.61. The molecular weight excluding hydrogens is 526 g/mol. The van der Waals surface area contributed by atoms with Gasteiger partial charge in [0.2, 0.25) is 6.29 Å². The zero-order valence-corrected chi connectivity index (χ0v) is 23.4. The first-order valence-corrected chi connectivity index (χ1v) is 13.6. The number of ether oxygens (including phenoxy) is 3. The average Bonchev–Trinajstić information content (AvgIpc) is 2.97. The highest BCUT2D eigenvalue weighted by atomic mass is 16.7. The molecule has 218 valence electrons. The first kappa shape index (κ1) is 30.2. The van der Waals surface area contributed by atoms with Gasteiger partial charge in [-0.05, 0) is 72.6 Å². The highest BCUT2D eigenvalue weighted by molar-refractivity contribution is 5.98. The maximum Gasteiger partial charge on any atom is 0.335 e. The van der Waals surface area contributed by atoms with Crippen LogP contribution in [0.25, 0.3) is 11.1 Å². The summed E-state index contributed by atoms with van der Waals surface area (Å²) in [7, 11) is 3.99. The van der Waals surface area contributed by atoms with Crippen molar-refractivity contribution in [3.8, 4) is 11.5 Å². The van der Waals surface area contributed by atoms with Crippen LogP contribution in [0.4, 0.5) is 0 Å². The maximum atomic E-state index is 11.5. The van der Waals surface area contributed by atoms with Crippen LogP contribution in [0.3, 0.4) is 0 Å². The van der Waals surface area contributed by atoms with Crippen LogP contribution in [0.15, 0.2) is 78.9 Å². The fourth-order valence-corrected chi connectivity index (χ4v) is 4.75. The van der Waals surface area contributed by atoms with Crippen molar-refractivity contribution in [2.45, 2.75) is 44.1 Å². The SMILES string of the molecule is CC/C(=C(/c1ccc(OCCN(C)C)cc1)c1cccc(OC2O[C@H](C(=O)O)[C@@H](O)[C@H](O)[C@H]2O)c1)c1ccccc1. The van der Waals surface area contributed by atoms with E-state index in [2.05, 4.69) is 24.0 Å². The van der Waals surface area contributed by atoms with Crippen LogP contribution in [0.2, 0.25) is 0 Å². The third-order valence-electron chi connectivity index (χ3n) is 6.92. The summed E-state index contributed by atoms with van der Waals surface area (Å²) in [6.07, 6.45) is -7.72. The zero-order chi connectivity index (χ0) is 29.5. The van der Waals surface area contributed by atoms with Crippen molar-refractivity contribution in [3.05, 3.63) is 95.6 Å². The molecule has 0 aliphatic carbocycles. The second kappa shape index (κ2) is 13.8. The lowest BCUT2D eigenvalue weighted by molar-refractivity contribution is -0.271. The van der Waals surface area contributed by atoms with Gasteiger partial charge in [0.05, 0.1) is 0 Å². The standard InChI is InChI=1S/C32H37NO8/c1-4-25(20-9-6-5-7-10-20)26(21-13-15-23(16-14-21)39-18-17-33(2)3)22-11-8-12-24(19-22)40-32-29(36)27(34)28(35)30(41-32)31(37)38/h5-16,19,27-30,32,34-36H,4,17-18H2,1-3H3,(H,37,38)/b26-25+/t27-,28-,29+,30-,32?/m0/s1. The Morgan fingerprint density at radius 3 is 2.15 bits per heavy atom. The molecule has 0 amide bonds. The van der Waals surface area contributed by atoms with Gasteiger partial charge in [-0.15, -0.1) is 0 Å². The Balaban J connectivity index is 1.70. The number of benzene rings is 3. The van der Waals surface area contributed by atoms with Gasteiger partial charge in [-0.1, -0.05) is 61.5 Å². The van der Waals surface area contributed by atoms with Crippen LogP contribution in [-0.4, -0.2) is 89.2 Å². The first-order chi connectivity index (χ1) is 19.7. The topological polar surface area (TPSA) is 129 Å². The number of hydrogen-bond acceptors (Lipinski definition) is 8. The number of carboxylic acids is 1. The number of aliphatic carboxylic acids is 1. The monoisotopic (exact) mass is 563 g/mol. The van der Waals surface area contributed by atoms with Crippen molar-refractivity contribution in [2.24, 2.45) is 0 Å². The fourth-order valence-electron chi connectivity index (χ4n) is 4.75. The Hall–Kier alpha value is -3.73. The van der Waals surface area contributed by atoms with E-state index in [4.69, 9.17) is 14.2 Å². The van der Waals surface area contributed by atoms with E-state index >= 15 is 0 Å². The predicted molar refractivity (Wildman–Crippen MR) is 155 cm³/mol. The summed E-state index contributed by atoms with van der Waals surface area (Å²) < 4.78 is 17.0. The maximum absolute atomic E-state index is 11.5. The normalized spacial score (nSPS) is 23.1. The molecule has 1 aliphatic heterocycles. The Morgan fingerprint density at radius 2 is 1.51 bits per heavy atom. The molecule has 1 heterocycles. The van der Waals surface area contributed by atoms with Crippen LogP contribution in [-0.2, 0) is 9.53 Å². The van der Waals surface area contributed by atoms with Crippen molar-refractivity contribution in [1.82, 2.24) is 4.90 Å². The fraction of sp³-hybridized carbons (Fsp3) is 0.344. The van der Waals surface area contributed by atoms with Crippen LogP contribution >= 0.6 is 0 Å². The second-order valence-electron chi connectivity index (χ2n) is 10.1. The Morgan fingerprint density at radius 1 is 0.829 bits per heavy atom. The van der Waals surface area contributed by atoms with Crippen LogP contribution < -0.4 is 9.47 Å². The molecule has 5 atom stereocenters. The summed E-state index contributed by atoms with van der Waals surface area (Å²) >= 11 is 0. The third-order valence-corrected chi connectivity index (χ3v) is 6.92. The molecule has 4 N–H and O–H groups in total. The summed E-state index contributed by atoms with van der Waals surface area (Å²) in [5.74, 6) is -0.411. The smallest absolute Gasteiger partial charge is 0.335 e. The zero-order valence-electron chi connectivity index (χ0n) is 23.4. The Labute approximate surface area is 239 Å². The number of rotatable bonds is 11. The molecule has 0 aromatic heterocycles. The van der Waals surface area contributed by atoms with Crippen LogP contribution in [0.1, 0.15) is 30.0 Å². The second-order valence-corrected chi connectivity index (χ2v) is 10.1. The van der Waals surface area contributed by atoms with Gasteiger partial charge in [0.15, 0.2) is 6.10 Å². The average molecular weight is 564 g/mol. The molecule has 0 radical (unpaired) electrons. The number of likely N-dealkylation sites (N-methyl/N-ethyl adjacent to an activating group) is 1. The summed E-state index contributed by atoms with van der Waals surface area (Å²) in [5.41, 5.74) is 4.91. The highest BCUT2D eigenvalue weighted by Crippen LogP contribution is 2.36. The lowest BCUT2D eigenvalue weighted by atomic mass is 9.88. The summed E-state index contributed by atoms with van der Waals surface area (Å²) in [5, 5.41) is 40.0. The van der Waals surface area contributed by atoms with Crippen molar-refractivity contribution >= 4 is 17.1 Å². The summed E-state index contributed by atoms with van der Waals surface area (Å²) in [6, 6.07) is 25.1. The molecule has 3 aromatic rings. The molecule has 4 rings (SSSR count). The van der Waals surface area contributed by atoms with Crippen molar-refractivity contribution in [2.75, 3.05) is 27.2 Å². The summed E-state index contributed by atoms with van der Waals surface area (Å²) in [6.45, 7) is 3.46. The Kier molecular flexibility index (Phi) is 10.1. The quantitative estimate of drug-likeness (QED) is 0.260. The van der Waals surface area contributed by atoms with Gasteiger partial charge in [-0.25, -0.2) is 4.79 Å². The van der Waals surface area contributed by atoms with Gasteiger partial charge in [-0.2, -0.15) is 0 Å². The Bertz CT molecular complexity index is 1330. The van der Waals surface area contributed by atoms with Gasteiger partial charge < -0.3 is 39.5 Å². The van der Waals surface area contributed by atoms with Gasteiger partial charge in [0.1, 0.15) is 36.4 Å². The van der Waals surface area contributed by atoms with E-state index in [1.165, 1.54) is 0 Å². The summed E-state index contributed by atoms with van der Waals surface area (Å²) in [4.78, 5) is 13.6. The van der Waals surface area contributed by atoms with Gasteiger partial charge >= 0.3 is 5.97 Å². The van der Waals surface area contributed by atoms with E-state index in [9.17, 15) is 25.2 Å². The van der Waals surface area contributed by atoms with E-state index in [1.54, 1.807) is 18.2 Å². The number of nitrogens with zero attached hydrogens (tertiary/aromatic N) is 1. The number of allylic oxidation sites excluding steroid dienone is 1. The highest BCUT2D eigenvalue weighted by Gasteiger charge is 2.48. The molecule has 0 saturated carbocycles. The molecule has 1 saturated heterocycles. The minimum atomic E-state index is -1.80. The molecule has 9 nitrogen and oxygen atoms in total. The minimum absolute atomic E-state index is 0.295. The van der Waals surface area contributed by atoms with E-state index < -0.39 is 36.7 Å². The molecule has 9 heteroatoms. The van der Waals surface area contributed by atoms with Crippen LogP contribution in [0.5, 0.6) is 11.5 Å². The number of aliphatic hydroxyl groups excluding tert-OH is 3. The molecule has 41 heavy (non-hydrogen) atoms. The largest absolute Gasteiger partial charge is 0.492 e. The number of hydrogen-bond donors (Lipinski definition) is 4. The molecule has 1 fully saturated rings. The van der Waals surface area contributed by atoms with Crippen molar-refractivity contribution in [1.29, 1.82) is 0 Å². The van der Waals surface area contributed by atoms with Gasteiger partial charge in [-0.3, -0.25) is 0 Å². The number of carbonyl (C=O) groups is 1. The van der Waals surface area contributed by atoms with E-state index in [0.717, 1.165) is 46.6 Å². The van der Waals surface area contributed by atoms with Crippen molar-refractivity contribution in [3.63, 3.8) is 0 Å². The number of aliphatic hydroxyl groups is 3. The first-order valence-electron chi connectivity index (χ1n) is 13.6. The lowest BCUT2D eigenvalue weighted by Gasteiger charge is -2.38. The molecule has 1 unspecified atom stereocenters. The van der Waals surface area contributed by atoms with E-state index in [-0.39, 0.29) is 0 Å². The van der Waals surface area contributed by atoms with E-state index in [1.807, 2.05) is 62.6 Å². The number of carboxylic acid groups (broad SMARTS) is 1. The molecule has 3 aromatic carbocycles. The predicted octanol–water partition coefficient (Wildman–Crippen LogP) is 3.27. The molecule has 1 aliphatic rings. The molecule has 0 bridgehead atoms.